The second-order valence-electron chi connectivity index (χ2n) is 7.63. The van der Waals surface area contributed by atoms with E-state index in [1.165, 1.54) is 6.08 Å². The molecule has 3 aromatic rings. The molecule has 6 nitrogen and oxygen atoms in total. The molecular formula is C24H18BrCl2N3O3. The van der Waals surface area contributed by atoms with Crippen LogP contribution in [0.4, 0.5) is 10.5 Å². The van der Waals surface area contributed by atoms with Gasteiger partial charge in [0.2, 0.25) is 0 Å². The van der Waals surface area contributed by atoms with Gasteiger partial charge in [0.1, 0.15) is 5.57 Å². The van der Waals surface area contributed by atoms with E-state index in [1.807, 2.05) is 37.5 Å². The van der Waals surface area contributed by atoms with E-state index in [0.29, 0.717) is 27.0 Å². The molecule has 4 amide bonds. The number of imide groups is 2. The fourth-order valence-corrected chi connectivity index (χ4v) is 4.41. The van der Waals surface area contributed by atoms with Gasteiger partial charge < -0.3 is 4.57 Å². The molecule has 0 saturated carbocycles. The smallest absolute Gasteiger partial charge is 0.316 e. The van der Waals surface area contributed by atoms with E-state index in [-0.39, 0.29) is 5.57 Å². The molecule has 0 aliphatic carbocycles. The number of carbonyl (C=O) groups is 3. The van der Waals surface area contributed by atoms with Gasteiger partial charge in [-0.05, 0) is 74.4 Å². The maximum atomic E-state index is 13.2. The number of barbiturate groups is 1. The SMILES string of the molecule is Cc1cc(N2C(=O)NC(=O)/C(=C\c3cc(C)n(-c4cccc(Cl)c4Cl)c3C)C2=O)ccc1Br. The molecule has 4 rings (SSSR count). The van der Waals surface area contributed by atoms with Gasteiger partial charge in [-0.25, -0.2) is 9.69 Å². The maximum absolute atomic E-state index is 13.2. The molecule has 33 heavy (non-hydrogen) atoms. The van der Waals surface area contributed by atoms with Gasteiger partial charge in [0, 0.05) is 15.9 Å². The Morgan fingerprint density at radius 2 is 1.73 bits per heavy atom. The van der Waals surface area contributed by atoms with Crippen molar-refractivity contribution in [1.82, 2.24) is 9.88 Å². The van der Waals surface area contributed by atoms with E-state index in [2.05, 4.69) is 21.2 Å². The normalized spacial score (nSPS) is 15.4. The van der Waals surface area contributed by atoms with Crippen LogP contribution in [0.2, 0.25) is 10.0 Å². The molecular weight excluding hydrogens is 529 g/mol. The molecule has 168 valence electrons. The molecule has 0 radical (unpaired) electrons. The first-order valence-electron chi connectivity index (χ1n) is 9.91. The highest BCUT2D eigenvalue weighted by Gasteiger charge is 2.37. The third-order valence-corrected chi connectivity index (χ3v) is 7.14. The lowest BCUT2D eigenvalue weighted by Gasteiger charge is -2.26. The summed E-state index contributed by atoms with van der Waals surface area (Å²) >= 11 is 16.0. The Hall–Kier alpha value is -2.87. The average Bonchev–Trinajstić information content (AvgIpc) is 3.03. The minimum Gasteiger partial charge on any atom is -0.316 e. The molecule has 2 aromatic carbocycles. The van der Waals surface area contributed by atoms with Gasteiger partial charge in [-0.3, -0.25) is 14.9 Å². The number of nitrogens with zero attached hydrogens (tertiary/aromatic N) is 2. The Balaban J connectivity index is 1.79. The number of aromatic nitrogens is 1. The first-order chi connectivity index (χ1) is 15.6. The Morgan fingerprint density at radius 1 is 1.00 bits per heavy atom. The molecule has 1 fully saturated rings. The number of aryl methyl sites for hydroxylation is 2. The van der Waals surface area contributed by atoms with E-state index in [4.69, 9.17) is 23.2 Å². The zero-order chi connectivity index (χ0) is 24.0. The van der Waals surface area contributed by atoms with Gasteiger partial charge in [-0.15, -0.1) is 0 Å². The molecule has 2 heterocycles. The predicted molar refractivity (Wildman–Crippen MR) is 133 cm³/mol. The van der Waals surface area contributed by atoms with Crippen molar-refractivity contribution in [3.63, 3.8) is 0 Å². The highest BCUT2D eigenvalue weighted by molar-refractivity contribution is 9.10. The van der Waals surface area contributed by atoms with Crippen molar-refractivity contribution in [3.05, 3.63) is 85.1 Å². The summed E-state index contributed by atoms with van der Waals surface area (Å²) < 4.78 is 2.74. The van der Waals surface area contributed by atoms with Crippen LogP contribution in [0, 0.1) is 20.8 Å². The molecule has 1 aromatic heterocycles. The Kier molecular flexibility index (Phi) is 6.22. The molecule has 0 unspecified atom stereocenters. The van der Waals surface area contributed by atoms with Gasteiger partial charge in [0.25, 0.3) is 11.8 Å². The first-order valence-corrected chi connectivity index (χ1v) is 11.5. The van der Waals surface area contributed by atoms with Crippen LogP contribution in [-0.4, -0.2) is 22.4 Å². The van der Waals surface area contributed by atoms with Gasteiger partial charge in [-0.2, -0.15) is 0 Å². The summed E-state index contributed by atoms with van der Waals surface area (Å²) in [6.07, 6.45) is 1.49. The third-order valence-electron chi connectivity index (χ3n) is 5.44. The van der Waals surface area contributed by atoms with Crippen molar-refractivity contribution < 1.29 is 14.4 Å². The molecule has 1 aliphatic rings. The number of amides is 4. The average molecular weight is 547 g/mol. The van der Waals surface area contributed by atoms with E-state index >= 15 is 0 Å². The number of nitrogens with one attached hydrogen (secondary N) is 1. The van der Waals surface area contributed by atoms with Gasteiger partial charge in [0.15, 0.2) is 0 Å². The minimum atomic E-state index is -0.792. The third kappa shape index (κ3) is 4.12. The van der Waals surface area contributed by atoms with Crippen molar-refractivity contribution in [3.8, 4) is 5.69 Å². The monoisotopic (exact) mass is 545 g/mol. The lowest BCUT2D eigenvalue weighted by molar-refractivity contribution is -0.122. The summed E-state index contributed by atoms with van der Waals surface area (Å²) in [5, 5.41) is 3.07. The topological polar surface area (TPSA) is 71.4 Å². The first kappa shape index (κ1) is 23.3. The highest BCUT2D eigenvalue weighted by Crippen LogP contribution is 2.33. The highest BCUT2D eigenvalue weighted by atomic mass is 79.9. The molecule has 9 heteroatoms. The maximum Gasteiger partial charge on any atom is 0.335 e. The number of urea groups is 1. The summed E-state index contributed by atoms with van der Waals surface area (Å²) in [4.78, 5) is 39.3. The largest absolute Gasteiger partial charge is 0.335 e. The number of hydrogen-bond donors (Lipinski definition) is 1. The van der Waals surface area contributed by atoms with Crippen molar-refractivity contribution >= 4 is 68.7 Å². The Labute approximate surface area is 208 Å². The molecule has 0 bridgehead atoms. The number of hydrogen-bond acceptors (Lipinski definition) is 3. The number of anilines is 1. The summed E-state index contributed by atoms with van der Waals surface area (Å²) in [5.74, 6) is -1.45. The van der Waals surface area contributed by atoms with Gasteiger partial charge in [0.05, 0.1) is 21.4 Å². The molecule has 0 atom stereocenters. The number of carbonyl (C=O) groups excluding carboxylic acids is 3. The lowest BCUT2D eigenvalue weighted by atomic mass is 10.1. The summed E-state index contributed by atoms with van der Waals surface area (Å²) in [7, 11) is 0. The fraction of sp³-hybridized carbons (Fsp3) is 0.125. The van der Waals surface area contributed by atoms with Crippen LogP contribution in [0.1, 0.15) is 22.5 Å². The van der Waals surface area contributed by atoms with Crippen LogP contribution in [0.15, 0.2) is 52.5 Å². The zero-order valence-electron chi connectivity index (χ0n) is 17.9. The molecule has 1 N–H and O–H groups in total. The standard InChI is InChI=1S/C24H18BrCl2N3O3/c1-12-9-16(7-8-18(12)25)30-23(32)17(22(31)28-24(30)33)11-15-10-13(2)29(14(15)3)20-6-4-5-19(26)21(20)27/h4-11H,1-3H3,(H,28,31,33)/b17-11+. The minimum absolute atomic E-state index is 0.146. The van der Waals surface area contributed by atoms with Gasteiger partial charge >= 0.3 is 6.03 Å². The molecule has 0 spiro atoms. The van der Waals surface area contributed by atoms with Crippen molar-refractivity contribution in [2.24, 2.45) is 0 Å². The Bertz CT molecular complexity index is 1380. The molecule has 1 saturated heterocycles. The van der Waals surface area contributed by atoms with E-state index < -0.39 is 17.8 Å². The number of benzene rings is 2. The van der Waals surface area contributed by atoms with Crippen molar-refractivity contribution in [2.45, 2.75) is 20.8 Å². The lowest BCUT2D eigenvalue weighted by Crippen LogP contribution is -2.54. The zero-order valence-corrected chi connectivity index (χ0v) is 21.0. The second kappa shape index (κ2) is 8.82. The van der Waals surface area contributed by atoms with Crippen LogP contribution < -0.4 is 10.2 Å². The Morgan fingerprint density at radius 3 is 2.42 bits per heavy atom. The van der Waals surface area contributed by atoms with E-state index in [1.54, 1.807) is 30.3 Å². The van der Waals surface area contributed by atoms with Gasteiger partial charge in [-0.1, -0.05) is 45.2 Å². The molecule has 1 aliphatic heterocycles. The van der Waals surface area contributed by atoms with Crippen molar-refractivity contribution in [2.75, 3.05) is 4.90 Å². The van der Waals surface area contributed by atoms with Crippen LogP contribution in [0.5, 0.6) is 0 Å². The van der Waals surface area contributed by atoms with Crippen LogP contribution >= 0.6 is 39.1 Å². The second-order valence-corrected chi connectivity index (χ2v) is 9.27. The van der Waals surface area contributed by atoms with Crippen LogP contribution in [-0.2, 0) is 9.59 Å². The summed E-state index contributed by atoms with van der Waals surface area (Å²) in [6, 6.07) is 11.4. The van der Waals surface area contributed by atoms with Crippen molar-refractivity contribution in [1.29, 1.82) is 0 Å². The summed E-state index contributed by atoms with van der Waals surface area (Å²) in [5.41, 5.74) is 3.99. The number of rotatable bonds is 3. The van der Waals surface area contributed by atoms with Crippen LogP contribution in [0.3, 0.4) is 0 Å². The summed E-state index contributed by atoms with van der Waals surface area (Å²) in [6.45, 7) is 5.58. The van der Waals surface area contributed by atoms with Crippen LogP contribution in [0.25, 0.3) is 11.8 Å². The fourth-order valence-electron chi connectivity index (χ4n) is 3.78. The predicted octanol–water partition coefficient (Wildman–Crippen LogP) is 6.14. The number of halogens is 3. The van der Waals surface area contributed by atoms with E-state index in [9.17, 15) is 14.4 Å². The quantitative estimate of drug-likeness (QED) is 0.317. The van der Waals surface area contributed by atoms with E-state index in [0.717, 1.165) is 26.3 Å².